The van der Waals surface area contributed by atoms with Gasteiger partial charge in [0, 0.05) is 19.3 Å². The summed E-state index contributed by atoms with van der Waals surface area (Å²) in [7, 11) is 0. The number of rotatable bonds is 5. The zero-order valence-corrected chi connectivity index (χ0v) is 12.0. The van der Waals surface area contributed by atoms with E-state index < -0.39 is 11.5 Å². The molecule has 1 heterocycles. The van der Waals surface area contributed by atoms with E-state index in [0.717, 1.165) is 0 Å². The summed E-state index contributed by atoms with van der Waals surface area (Å²) in [5.74, 6) is -0.598. The van der Waals surface area contributed by atoms with Gasteiger partial charge in [0.1, 0.15) is 6.54 Å². The van der Waals surface area contributed by atoms with Crippen LogP contribution in [0.2, 0.25) is 0 Å². The molecule has 0 aromatic rings. The predicted octanol–water partition coefficient (Wildman–Crippen LogP) is 0.294. The van der Waals surface area contributed by atoms with Gasteiger partial charge in [-0.3, -0.25) is 9.59 Å². The van der Waals surface area contributed by atoms with Crippen LogP contribution >= 0.6 is 0 Å². The lowest BCUT2D eigenvalue weighted by Gasteiger charge is -2.38. The van der Waals surface area contributed by atoms with Crippen molar-refractivity contribution in [2.45, 2.75) is 45.2 Å². The van der Waals surface area contributed by atoms with Crippen LogP contribution in [0.3, 0.4) is 0 Å². The Morgan fingerprint density at radius 3 is 2.42 bits per heavy atom. The molecule has 0 aromatic carbocycles. The largest absolute Gasteiger partial charge is 0.465 e. The molecule has 0 radical (unpaired) electrons. The maximum atomic E-state index is 12.5. The maximum absolute atomic E-state index is 12.5. The van der Waals surface area contributed by atoms with Crippen molar-refractivity contribution in [1.82, 2.24) is 4.90 Å². The second kappa shape index (κ2) is 6.86. The summed E-state index contributed by atoms with van der Waals surface area (Å²) < 4.78 is 10.1. The fourth-order valence-corrected chi connectivity index (χ4v) is 2.07. The molecule has 1 aliphatic heterocycles. The molecule has 2 N–H and O–H groups in total. The zero-order valence-electron chi connectivity index (χ0n) is 12.0. The SMILES string of the molecule is CCOC(=O)CN(C(=O)C1(N)CCOCC1)C(C)C. The highest BCUT2D eigenvalue weighted by Gasteiger charge is 2.40. The van der Waals surface area contributed by atoms with E-state index in [4.69, 9.17) is 15.2 Å². The minimum absolute atomic E-state index is 0.0514. The lowest BCUT2D eigenvalue weighted by molar-refractivity contribution is -0.153. The molecule has 19 heavy (non-hydrogen) atoms. The number of nitrogens with two attached hydrogens (primary N) is 1. The lowest BCUT2D eigenvalue weighted by atomic mass is 9.89. The Hall–Kier alpha value is -1.14. The first-order chi connectivity index (χ1) is 8.90. The van der Waals surface area contributed by atoms with Crippen molar-refractivity contribution in [2.75, 3.05) is 26.4 Å². The Balaban J connectivity index is 2.74. The summed E-state index contributed by atoms with van der Waals surface area (Å²) in [4.78, 5) is 25.6. The highest BCUT2D eigenvalue weighted by atomic mass is 16.5. The molecule has 0 saturated carbocycles. The average molecular weight is 272 g/mol. The molecule has 1 saturated heterocycles. The van der Waals surface area contributed by atoms with Gasteiger partial charge in [-0.05, 0) is 33.6 Å². The molecule has 0 bridgehead atoms. The van der Waals surface area contributed by atoms with Crippen LogP contribution in [0.1, 0.15) is 33.6 Å². The monoisotopic (exact) mass is 272 g/mol. The van der Waals surface area contributed by atoms with Crippen molar-refractivity contribution >= 4 is 11.9 Å². The van der Waals surface area contributed by atoms with Crippen LogP contribution < -0.4 is 5.73 Å². The molecule has 1 rings (SSSR count). The van der Waals surface area contributed by atoms with Crippen molar-refractivity contribution in [3.63, 3.8) is 0 Å². The van der Waals surface area contributed by atoms with E-state index in [9.17, 15) is 9.59 Å². The van der Waals surface area contributed by atoms with Crippen molar-refractivity contribution in [1.29, 1.82) is 0 Å². The van der Waals surface area contributed by atoms with Gasteiger partial charge in [-0.25, -0.2) is 0 Å². The van der Waals surface area contributed by atoms with Crippen LogP contribution in [0.4, 0.5) is 0 Å². The number of hydrogen-bond donors (Lipinski definition) is 1. The minimum Gasteiger partial charge on any atom is -0.465 e. The van der Waals surface area contributed by atoms with Crippen LogP contribution in [-0.2, 0) is 19.1 Å². The van der Waals surface area contributed by atoms with E-state index in [-0.39, 0.29) is 18.5 Å². The molecule has 6 nitrogen and oxygen atoms in total. The van der Waals surface area contributed by atoms with Crippen molar-refractivity contribution in [3.8, 4) is 0 Å². The quantitative estimate of drug-likeness (QED) is 0.728. The number of ether oxygens (including phenoxy) is 2. The number of carbonyl (C=O) groups is 2. The number of carbonyl (C=O) groups excluding carboxylic acids is 2. The molecular formula is C13H24N2O4. The van der Waals surface area contributed by atoms with Crippen molar-refractivity contribution in [2.24, 2.45) is 5.73 Å². The Morgan fingerprint density at radius 1 is 1.37 bits per heavy atom. The Bertz CT molecular complexity index is 325. The van der Waals surface area contributed by atoms with E-state index in [2.05, 4.69) is 0 Å². The molecule has 0 aromatic heterocycles. The topological polar surface area (TPSA) is 81.9 Å². The predicted molar refractivity (Wildman–Crippen MR) is 70.5 cm³/mol. The number of hydrogen-bond acceptors (Lipinski definition) is 5. The molecule has 1 amide bonds. The summed E-state index contributed by atoms with van der Waals surface area (Å²) in [6.07, 6.45) is 0.968. The average Bonchev–Trinajstić information content (AvgIpc) is 2.36. The minimum atomic E-state index is -0.922. The van der Waals surface area contributed by atoms with Crippen LogP contribution in [0.25, 0.3) is 0 Å². The van der Waals surface area contributed by atoms with Gasteiger partial charge < -0.3 is 20.1 Å². The Labute approximate surface area is 114 Å². The third-order valence-electron chi connectivity index (χ3n) is 3.30. The van der Waals surface area contributed by atoms with Gasteiger partial charge in [-0.1, -0.05) is 0 Å². The molecule has 0 atom stereocenters. The van der Waals surface area contributed by atoms with Gasteiger partial charge in [0.05, 0.1) is 12.1 Å². The third-order valence-corrected chi connectivity index (χ3v) is 3.30. The summed E-state index contributed by atoms with van der Waals surface area (Å²) in [6.45, 7) is 6.67. The molecule has 0 spiro atoms. The van der Waals surface area contributed by atoms with Crippen LogP contribution in [-0.4, -0.2) is 54.7 Å². The van der Waals surface area contributed by atoms with E-state index in [0.29, 0.717) is 32.7 Å². The molecule has 0 aliphatic carbocycles. The van der Waals surface area contributed by atoms with Crippen molar-refractivity contribution < 1.29 is 19.1 Å². The van der Waals surface area contributed by atoms with E-state index in [1.807, 2.05) is 13.8 Å². The van der Waals surface area contributed by atoms with Crippen molar-refractivity contribution in [3.05, 3.63) is 0 Å². The number of amides is 1. The van der Waals surface area contributed by atoms with E-state index in [1.165, 1.54) is 4.90 Å². The van der Waals surface area contributed by atoms with Gasteiger partial charge in [0.15, 0.2) is 0 Å². The Kier molecular flexibility index (Phi) is 5.75. The second-order valence-corrected chi connectivity index (χ2v) is 5.10. The van der Waals surface area contributed by atoms with Gasteiger partial charge in [0.25, 0.3) is 0 Å². The van der Waals surface area contributed by atoms with Crippen LogP contribution in [0, 0.1) is 0 Å². The van der Waals surface area contributed by atoms with Gasteiger partial charge in [0.2, 0.25) is 5.91 Å². The van der Waals surface area contributed by atoms with Crippen LogP contribution in [0.15, 0.2) is 0 Å². The first-order valence-corrected chi connectivity index (χ1v) is 6.74. The normalized spacial score (nSPS) is 18.2. The third kappa shape index (κ3) is 4.18. The summed E-state index contributed by atoms with van der Waals surface area (Å²) in [5, 5.41) is 0. The summed E-state index contributed by atoms with van der Waals surface area (Å²) >= 11 is 0. The standard InChI is InChI=1S/C13H24N2O4/c1-4-19-11(16)9-15(10(2)3)12(17)13(14)5-7-18-8-6-13/h10H,4-9,14H2,1-3H3. The van der Waals surface area contributed by atoms with Gasteiger partial charge in [-0.2, -0.15) is 0 Å². The first kappa shape index (κ1) is 15.9. The number of esters is 1. The molecule has 1 fully saturated rings. The number of nitrogens with zero attached hydrogens (tertiary/aromatic N) is 1. The molecule has 110 valence electrons. The molecule has 0 unspecified atom stereocenters. The maximum Gasteiger partial charge on any atom is 0.325 e. The zero-order chi connectivity index (χ0) is 14.5. The van der Waals surface area contributed by atoms with Gasteiger partial charge in [-0.15, -0.1) is 0 Å². The van der Waals surface area contributed by atoms with E-state index >= 15 is 0 Å². The second-order valence-electron chi connectivity index (χ2n) is 5.10. The highest BCUT2D eigenvalue weighted by molar-refractivity contribution is 5.89. The highest BCUT2D eigenvalue weighted by Crippen LogP contribution is 2.21. The molecular weight excluding hydrogens is 248 g/mol. The van der Waals surface area contributed by atoms with E-state index in [1.54, 1.807) is 6.92 Å². The fraction of sp³-hybridized carbons (Fsp3) is 0.846. The smallest absolute Gasteiger partial charge is 0.325 e. The molecule has 1 aliphatic rings. The fourth-order valence-electron chi connectivity index (χ4n) is 2.07. The first-order valence-electron chi connectivity index (χ1n) is 6.74. The summed E-state index contributed by atoms with van der Waals surface area (Å²) in [6, 6.07) is -0.0971. The summed E-state index contributed by atoms with van der Waals surface area (Å²) in [5.41, 5.74) is 5.25. The van der Waals surface area contributed by atoms with Gasteiger partial charge >= 0.3 is 5.97 Å². The Morgan fingerprint density at radius 2 is 1.95 bits per heavy atom. The lowest BCUT2D eigenvalue weighted by Crippen LogP contribution is -2.60. The molecule has 6 heteroatoms. The van der Waals surface area contributed by atoms with Crippen LogP contribution in [0.5, 0.6) is 0 Å².